The van der Waals surface area contributed by atoms with E-state index in [0.29, 0.717) is 0 Å². The van der Waals surface area contributed by atoms with Crippen LogP contribution in [0.25, 0.3) is 0 Å². The first kappa shape index (κ1) is 16.4. The molecule has 1 aromatic rings. The minimum Gasteiger partial charge on any atom is -0.378 e. The van der Waals surface area contributed by atoms with Crippen molar-refractivity contribution >= 4 is 11.6 Å². The molecule has 120 valence electrons. The Balaban J connectivity index is 2.35. The van der Waals surface area contributed by atoms with Crippen molar-refractivity contribution in [1.29, 1.82) is 0 Å². The van der Waals surface area contributed by atoms with Crippen LogP contribution in [0.5, 0.6) is 0 Å². The van der Waals surface area contributed by atoms with Crippen LogP contribution in [0.4, 0.5) is 13.2 Å². The Labute approximate surface area is 124 Å². The highest BCUT2D eigenvalue weighted by atomic mass is 19.4. The number of carbonyl (C=O) groups excluding carboxylic acids is 1. The van der Waals surface area contributed by atoms with Gasteiger partial charge in [0.1, 0.15) is 0 Å². The molecule has 0 fully saturated rings. The van der Waals surface area contributed by atoms with Gasteiger partial charge in [0.15, 0.2) is 6.10 Å². The van der Waals surface area contributed by atoms with Gasteiger partial charge < -0.3 is 10.2 Å². The van der Waals surface area contributed by atoms with E-state index in [9.17, 15) is 28.2 Å². The fourth-order valence-electron chi connectivity index (χ4n) is 2.16. The minimum atomic E-state index is -5.08. The van der Waals surface area contributed by atoms with E-state index >= 15 is 0 Å². The first-order valence-corrected chi connectivity index (χ1v) is 6.63. The number of nitrogens with zero attached hydrogens (tertiary/aromatic N) is 2. The zero-order valence-corrected chi connectivity index (χ0v) is 11.7. The number of hydrogen-bond acceptors (Lipinski definition) is 4. The molecule has 1 amide bonds. The molecule has 22 heavy (non-hydrogen) atoms. The molecule has 0 radical (unpaired) electrons. The molecule has 0 saturated carbocycles. The molecule has 0 saturated heterocycles. The summed E-state index contributed by atoms with van der Waals surface area (Å²) in [6.07, 6.45) is -7.58. The van der Waals surface area contributed by atoms with Crippen molar-refractivity contribution < 1.29 is 28.2 Å². The van der Waals surface area contributed by atoms with Gasteiger partial charge in [-0.05, 0) is 12.0 Å². The molecule has 1 aromatic carbocycles. The second kappa shape index (κ2) is 5.69. The van der Waals surface area contributed by atoms with Gasteiger partial charge in [-0.1, -0.05) is 37.3 Å². The number of hydrogen-bond donors (Lipinski definition) is 2. The van der Waals surface area contributed by atoms with Gasteiger partial charge in [-0.2, -0.15) is 23.3 Å². The maximum atomic E-state index is 13.1. The Kier molecular flexibility index (Phi) is 4.25. The van der Waals surface area contributed by atoms with Crippen LogP contribution in [0.15, 0.2) is 35.4 Å². The molecule has 1 heterocycles. The monoisotopic (exact) mass is 316 g/mol. The number of aliphatic hydroxyl groups excluding tert-OH is 1. The Morgan fingerprint density at radius 2 is 2.00 bits per heavy atom. The standard InChI is InChI=1S/C14H15F3N2O3/c1-2-10-8-13(22,14(15,16)17)19(18-10)12(21)11(20)9-6-4-3-5-7-9/h3-7,11,20,22H,2,8H2,1H3/t11-,13-/m0/s1. The average Bonchev–Trinajstić information content (AvgIpc) is 2.85. The lowest BCUT2D eigenvalue weighted by Gasteiger charge is -2.33. The van der Waals surface area contributed by atoms with E-state index in [4.69, 9.17) is 0 Å². The van der Waals surface area contributed by atoms with Gasteiger partial charge in [0.2, 0.25) is 0 Å². The number of amides is 1. The van der Waals surface area contributed by atoms with Crippen LogP contribution in [0.2, 0.25) is 0 Å². The van der Waals surface area contributed by atoms with Crippen LogP contribution >= 0.6 is 0 Å². The highest BCUT2D eigenvalue weighted by Gasteiger charge is 2.63. The molecule has 8 heteroatoms. The van der Waals surface area contributed by atoms with Crippen LogP contribution in [0.3, 0.4) is 0 Å². The van der Waals surface area contributed by atoms with E-state index in [2.05, 4.69) is 5.10 Å². The third-order valence-electron chi connectivity index (χ3n) is 3.46. The maximum absolute atomic E-state index is 13.1. The van der Waals surface area contributed by atoms with Crippen LogP contribution < -0.4 is 0 Å². The number of benzene rings is 1. The van der Waals surface area contributed by atoms with Gasteiger partial charge >= 0.3 is 6.18 Å². The number of halogens is 3. The molecule has 0 aromatic heterocycles. The smallest absolute Gasteiger partial charge is 0.378 e. The normalized spacial score (nSPS) is 23.4. The summed E-state index contributed by atoms with van der Waals surface area (Å²) >= 11 is 0. The second-order valence-electron chi connectivity index (χ2n) is 4.97. The molecule has 0 unspecified atom stereocenters. The molecule has 1 aliphatic rings. The quantitative estimate of drug-likeness (QED) is 0.895. The number of aliphatic hydroxyl groups is 2. The molecule has 5 nitrogen and oxygen atoms in total. The van der Waals surface area contributed by atoms with Crippen molar-refractivity contribution in [3.63, 3.8) is 0 Å². The number of hydrazone groups is 1. The Morgan fingerprint density at radius 1 is 1.41 bits per heavy atom. The Hall–Kier alpha value is -1.93. The average molecular weight is 316 g/mol. The zero-order valence-electron chi connectivity index (χ0n) is 11.7. The third-order valence-corrected chi connectivity index (χ3v) is 3.46. The number of rotatable bonds is 3. The van der Waals surface area contributed by atoms with E-state index in [0.717, 1.165) is 0 Å². The van der Waals surface area contributed by atoms with Crippen LogP contribution in [-0.4, -0.2) is 38.7 Å². The van der Waals surface area contributed by atoms with Gasteiger partial charge in [-0.25, -0.2) is 0 Å². The van der Waals surface area contributed by atoms with E-state index in [1.165, 1.54) is 24.3 Å². The summed E-state index contributed by atoms with van der Waals surface area (Å²) in [5.41, 5.74) is -3.27. The van der Waals surface area contributed by atoms with Gasteiger partial charge in [0.05, 0.1) is 0 Å². The predicted octanol–water partition coefficient (Wildman–Crippen LogP) is 1.97. The summed E-state index contributed by atoms with van der Waals surface area (Å²) in [7, 11) is 0. The summed E-state index contributed by atoms with van der Waals surface area (Å²) in [6.45, 7) is 1.57. The topological polar surface area (TPSA) is 73.1 Å². The SMILES string of the molecule is CCC1=NN(C(=O)[C@@H](O)c2ccccc2)[C@@](O)(C(F)(F)F)C1. The maximum Gasteiger partial charge on any atom is 0.438 e. The molecule has 2 rings (SSSR count). The first-order chi connectivity index (χ1) is 10.2. The summed E-state index contributed by atoms with van der Waals surface area (Å²) in [4.78, 5) is 12.2. The fraction of sp³-hybridized carbons (Fsp3) is 0.429. The lowest BCUT2D eigenvalue weighted by atomic mass is 10.0. The van der Waals surface area contributed by atoms with Crippen LogP contribution in [-0.2, 0) is 4.79 Å². The van der Waals surface area contributed by atoms with Crippen LogP contribution in [0, 0.1) is 0 Å². The van der Waals surface area contributed by atoms with Gasteiger partial charge in [-0.3, -0.25) is 4.79 Å². The third kappa shape index (κ3) is 2.71. The summed E-state index contributed by atoms with van der Waals surface area (Å²) in [5, 5.41) is 23.4. The highest BCUT2D eigenvalue weighted by Crippen LogP contribution is 2.41. The molecule has 0 bridgehead atoms. The van der Waals surface area contributed by atoms with E-state index in [1.54, 1.807) is 13.0 Å². The minimum absolute atomic E-state index is 0.0356. The van der Waals surface area contributed by atoms with Crippen molar-refractivity contribution in [1.82, 2.24) is 5.01 Å². The van der Waals surface area contributed by atoms with Crippen molar-refractivity contribution in [2.24, 2.45) is 5.10 Å². The molecule has 2 atom stereocenters. The van der Waals surface area contributed by atoms with Gasteiger partial charge in [0, 0.05) is 12.1 Å². The zero-order chi connectivity index (χ0) is 16.5. The lowest BCUT2D eigenvalue weighted by molar-refractivity contribution is -0.303. The van der Waals surface area contributed by atoms with Gasteiger partial charge in [-0.15, -0.1) is 0 Å². The molecule has 1 aliphatic heterocycles. The summed E-state index contributed by atoms with van der Waals surface area (Å²) < 4.78 is 39.4. The molecule has 0 spiro atoms. The van der Waals surface area contributed by atoms with Crippen molar-refractivity contribution in [2.45, 2.75) is 37.8 Å². The number of alkyl halides is 3. The summed E-state index contributed by atoms with van der Waals surface area (Å²) in [5.74, 6) is -1.32. The lowest BCUT2D eigenvalue weighted by Crippen LogP contribution is -2.57. The largest absolute Gasteiger partial charge is 0.438 e. The number of carbonyl (C=O) groups is 1. The highest BCUT2D eigenvalue weighted by molar-refractivity contribution is 5.92. The van der Waals surface area contributed by atoms with E-state index in [-0.39, 0.29) is 22.7 Å². The molecule has 2 N–H and O–H groups in total. The summed E-state index contributed by atoms with van der Waals surface area (Å²) in [6, 6.07) is 7.50. The van der Waals surface area contributed by atoms with Crippen molar-refractivity contribution in [3.05, 3.63) is 35.9 Å². The first-order valence-electron chi connectivity index (χ1n) is 6.63. The Bertz CT molecular complexity index is 589. The van der Waals surface area contributed by atoms with E-state index < -0.39 is 30.3 Å². The van der Waals surface area contributed by atoms with Gasteiger partial charge in [0.25, 0.3) is 11.6 Å². The van der Waals surface area contributed by atoms with E-state index in [1.807, 2.05) is 0 Å². The molecule has 0 aliphatic carbocycles. The van der Waals surface area contributed by atoms with Crippen molar-refractivity contribution in [3.8, 4) is 0 Å². The fourth-order valence-corrected chi connectivity index (χ4v) is 2.16. The van der Waals surface area contributed by atoms with Crippen LogP contribution in [0.1, 0.15) is 31.4 Å². The Morgan fingerprint density at radius 3 is 2.50 bits per heavy atom. The second-order valence-corrected chi connectivity index (χ2v) is 4.97. The van der Waals surface area contributed by atoms with Crippen molar-refractivity contribution in [2.75, 3.05) is 0 Å². The predicted molar refractivity (Wildman–Crippen MR) is 71.6 cm³/mol. The molecular weight excluding hydrogens is 301 g/mol. The molecular formula is C14H15F3N2O3.